The van der Waals surface area contributed by atoms with Crippen LogP contribution in [0.15, 0.2) is 66.9 Å². The molecular formula is C22H22N4O2. The van der Waals surface area contributed by atoms with E-state index in [2.05, 4.69) is 15.6 Å². The number of benzene rings is 2. The molecule has 1 atom stereocenters. The van der Waals surface area contributed by atoms with Crippen molar-refractivity contribution in [2.24, 2.45) is 0 Å². The molecule has 0 unspecified atom stereocenters. The first-order valence-corrected chi connectivity index (χ1v) is 9.44. The van der Waals surface area contributed by atoms with Gasteiger partial charge >= 0.3 is 6.03 Å². The highest BCUT2D eigenvalue weighted by Gasteiger charge is 2.25. The molecule has 3 amide bonds. The first kappa shape index (κ1) is 18.0. The molecule has 2 N–H and O–H groups in total. The van der Waals surface area contributed by atoms with Crippen LogP contribution in [0.2, 0.25) is 0 Å². The fourth-order valence-corrected chi connectivity index (χ4v) is 3.50. The molecule has 0 spiro atoms. The summed E-state index contributed by atoms with van der Waals surface area (Å²) in [5.41, 5.74) is 2.47. The number of carbonyl (C=O) groups excluding carboxylic acids is 2. The van der Waals surface area contributed by atoms with E-state index in [4.69, 9.17) is 0 Å². The average Bonchev–Trinajstić information content (AvgIpc) is 3.12. The smallest absolute Gasteiger partial charge is 0.319 e. The zero-order chi connectivity index (χ0) is 19.3. The first-order chi connectivity index (χ1) is 13.7. The minimum Gasteiger partial charge on any atom is -0.340 e. The normalized spacial score (nSPS) is 14.9. The van der Waals surface area contributed by atoms with Crippen LogP contribution in [0.4, 0.5) is 10.5 Å². The Hall–Kier alpha value is -3.41. The van der Waals surface area contributed by atoms with Crippen molar-refractivity contribution in [3.8, 4) is 0 Å². The number of nitrogens with one attached hydrogen (secondary N) is 2. The van der Waals surface area contributed by atoms with Gasteiger partial charge in [0, 0.05) is 24.9 Å². The fraction of sp³-hybridized carbons (Fsp3) is 0.227. The van der Waals surface area contributed by atoms with E-state index in [-0.39, 0.29) is 18.0 Å². The maximum atomic E-state index is 12.6. The number of carbonyl (C=O) groups is 2. The molecule has 1 aliphatic rings. The molecule has 0 radical (unpaired) electrons. The summed E-state index contributed by atoms with van der Waals surface area (Å²) in [5.74, 6) is 0.141. The second-order valence-corrected chi connectivity index (χ2v) is 6.92. The van der Waals surface area contributed by atoms with Crippen LogP contribution in [0.3, 0.4) is 0 Å². The third-order valence-electron chi connectivity index (χ3n) is 4.93. The third-order valence-corrected chi connectivity index (χ3v) is 4.93. The number of hydrogen-bond donors (Lipinski definition) is 2. The van der Waals surface area contributed by atoms with Gasteiger partial charge in [0.15, 0.2) is 0 Å². The lowest BCUT2D eigenvalue weighted by Gasteiger charge is -2.25. The Morgan fingerprint density at radius 1 is 1.11 bits per heavy atom. The second-order valence-electron chi connectivity index (χ2n) is 6.92. The number of para-hydroxylation sites is 1. The van der Waals surface area contributed by atoms with Gasteiger partial charge in [0.25, 0.3) is 0 Å². The number of fused-ring (bicyclic) bond motifs is 1. The van der Waals surface area contributed by atoms with E-state index in [1.54, 1.807) is 6.20 Å². The monoisotopic (exact) mass is 374 g/mol. The van der Waals surface area contributed by atoms with Gasteiger partial charge in [-0.2, -0.15) is 0 Å². The number of aromatic nitrogens is 1. The number of nitrogens with zero attached hydrogens (tertiary/aromatic N) is 2. The molecule has 0 bridgehead atoms. The van der Waals surface area contributed by atoms with Crippen molar-refractivity contribution >= 4 is 28.5 Å². The molecule has 1 aromatic heterocycles. The number of hydrogen-bond acceptors (Lipinski definition) is 3. The van der Waals surface area contributed by atoms with Crippen LogP contribution >= 0.6 is 0 Å². The number of anilines is 1. The van der Waals surface area contributed by atoms with Crippen molar-refractivity contribution in [3.05, 3.63) is 72.4 Å². The van der Waals surface area contributed by atoms with E-state index in [1.165, 1.54) is 0 Å². The summed E-state index contributed by atoms with van der Waals surface area (Å²) in [4.78, 5) is 30.9. The van der Waals surface area contributed by atoms with E-state index < -0.39 is 0 Å². The van der Waals surface area contributed by atoms with Crippen molar-refractivity contribution < 1.29 is 9.59 Å². The van der Waals surface area contributed by atoms with Crippen LogP contribution in [0.1, 0.15) is 24.4 Å². The lowest BCUT2D eigenvalue weighted by atomic mass is 10.1. The molecule has 3 aromatic rings. The Morgan fingerprint density at radius 2 is 1.89 bits per heavy atom. The van der Waals surface area contributed by atoms with Gasteiger partial charge in [-0.3, -0.25) is 9.78 Å². The van der Waals surface area contributed by atoms with Crippen LogP contribution in [0.25, 0.3) is 10.9 Å². The summed E-state index contributed by atoms with van der Waals surface area (Å²) in [5, 5.41) is 6.82. The van der Waals surface area contributed by atoms with Gasteiger partial charge in [-0.15, -0.1) is 0 Å². The molecule has 28 heavy (non-hydrogen) atoms. The summed E-state index contributed by atoms with van der Waals surface area (Å²) in [7, 11) is 0. The maximum absolute atomic E-state index is 12.6. The number of likely N-dealkylation sites (tertiary alicyclic amines) is 1. The number of pyridine rings is 1. The Balaban J connectivity index is 1.48. The van der Waals surface area contributed by atoms with E-state index >= 15 is 0 Å². The van der Waals surface area contributed by atoms with Crippen molar-refractivity contribution in [3.63, 3.8) is 0 Å². The number of rotatable bonds is 5. The minimum atomic E-state index is -0.322. The molecule has 1 fully saturated rings. The largest absolute Gasteiger partial charge is 0.340 e. The Bertz CT molecular complexity index is 990. The molecule has 142 valence electrons. The summed E-state index contributed by atoms with van der Waals surface area (Å²) in [6.07, 6.45) is 3.09. The third kappa shape index (κ3) is 4.11. The molecule has 1 saturated heterocycles. The minimum absolute atomic E-state index is 0.141. The van der Waals surface area contributed by atoms with Gasteiger partial charge in [0.2, 0.25) is 5.91 Å². The van der Waals surface area contributed by atoms with E-state index in [0.29, 0.717) is 18.7 Å². The van der Waals surface area contributed by atoms with Crippen LogP contribution in [-0.2, 0) is 4.79 Å². The molecule has 6 nitrogen and oxygen atoms in total. The Morgan fingerprint density at radius 3 is 2.68 bits per heavy atom. The predicted molar refractivity (Wildman–Crippen MR) is 109 cm³/mol. The van der Waals surface area contributed by atoms with Crippen molar-refractivity contribution in [1.29, 1.82) is 0 Å². The van der Waals surface area contributed by atoms with E-state index in [0.717, 1.165) is 29.4 Å². The van der Waals surface area contributed by atoms with Gasteiger partial charge in [-0.1, -0.05) is 48.5 Å². The number of urea groups is 1. The van der Waals surface area contributed by atoms with E-state index in [9.17, 15) is 9.59 Å². The lowest BCUT2D eigenvalue weighted by Crippen LogP contribution is -2.40. The summed E-state index contributed by atoms with van der Waals surface area (Å²) >= 11 is 0. The lowest BCUT2D eigenvalue weighted by molar-refractivity contribution is -0.128. The molecule has 6 heteroatoms. The molecule has 1 aliphatic heterocycles. The SMILES string of the molecule is O=C(Nc1cnc2ccccc2c1)N[C@@H](CN1CCCC1=O)c1ccccc1. The van der Waals surface area contributed by atoms with Crippen molar-refractivity contribution in [2.45, 2.75) is 18.9 Å². The van der Waals surface area contributed by atoms with Crippen LogP contribution in [0, 0.1) is 0 Å². The van der Waals surface area contributed by atoms with Gasteiger partial charge in [0.1, 0.15) is 0 Å². The topological polar surface area (TPSA) is 74.3 Å². The average molecular weight is 374 g/mol. The fourth-order valence-electron chi connectivity index (χ4n) is 3.50. The zero-order valence-electron chi connectivity index (χ0n) is 15.5. The van der Waals surface area contributed by atoms with Gasteiger partial charge in [-0.25, -0.2) is 4.79 Å². The van der Waals surface area contributed by atoms with Crippen LogP contribution < -0.4 is 10.6 Å². The molecule has 0 saturated carbocycles. The number of amides is 3. The first-order valence-electron chi connectivity index (χ1n) is 9.44. The highest BCUT2D eigenvalue weighted by Crippen LogP contribution is 2.20. The Kier molecular flexibility index (Phi) is 5.19. The second kappa shape index (κ2) is 8.08. The standard InChI is InChI=1S/C22H22N4O2/c27-21-11-6-12-26(21)15-20(16-7-2-1-3-8-16)25-22(28)24-18-13-17-9-4-5-10-19(17)23-14-18/h1-5,7-10,13-14,20H,6,11-12,15H2,(H2,24,25,28)/t20-/m0/s1. The molecule has 2 heterocycles. The quantitative estimate of drug-likeness (QED) is 0.715. The van der Waals surface area contributed by atoms with Gasteiger partial charge in [-0.05, 0) is 24.1 Å². The Labute approximate surface area is 163 Å². The molecule has 4 rings (SSSR count). The van der Waals surface area contributed by atoms with Crippen LogP contribution in [0.5, 0.6) is 0 Å². The summed E-state index contributed by atoms with van der Waals surface area (Å²) in [6.45, 7) is 1.20. The van der Waals surface area contributed by atoms with E-state index in [1.807, 2.05) is 65.6 Å². The molecular weight excluding hydrogens is 352 g/mol. The van der Waals surface area contributed by atoms with Gasteiger partial charge < -0.3 is 15.5 Å². The molecule has 0 aliphatic carbocycles. The van der Waals surface area contributed by atoms with Crippen molar-refractivity contribution in [1.82, 2.24) is 15.2 Å². The zero-order valence-corrected chi connectivity index (χ0v) is 15.5. The van der Waals surface area contributed by atoms with Crippen molar-refractivity contribution in [2.75, 3.05) is 18.4 Å². The summed E-state index contributed by atoms with van der Waals surface area (Å²) < 4.78 is 0. The van der Waals surface area contributed by atoms with Gasteiger partial charge in [0.05, 0.1) is 23.4 Å². The highest BCUT2D eigenvalue weighted by atomic mass is 16.2. The highest BCUT2D eigenvalue weighted by molar-refractivity contribution is 5.92. The molecule has 2 aromatic carbocycles. The predicted octanol–water partition coefficient (Wildman–Crippen LogP) is 3.72. The van der Waals surface area contributed by atoms with Crippen LogP contribution in [-0.4, -0.2) is 34.9 Å². The summed E-state index contributed by atoms with van der Waals surface area (Å²) in [6, 6.07) is 18.8. The maximum Gasteiger partial charge on any atom is 0.319 e.